The lowest BCUT2D eigenvalue weighted by Gasteiger charge is -2.22. The fraction of sp³-hybridized carbons (Fsp3) is 0.143. The van der Waals surface area contributed by atoms with Crippen LogP contribution in [0.4, 0.5) is 0 Å². The molecule has 0 amide bonds. The second-order valence-corrected chi connectivity index (χ2v) is 7.93. The molecule has 3 aromatic rings. The smallest absolute Gasteiger partial charge is 0.0406 e. The largest absolute Gasteiger partial charge is 0.0843 e. The molecule has 0 saturated heterocycles. The van der Waals surface area contributed by atoms with Crippen LogP contribution < -0.4 is 0 Å². The zero-order chi connectivity index (χ0) is 16.2. The molecule has 0 bridgehead atoms. The molecular formula is C21H16BrCl. The average molecular weight is 384 g/mol. The summed E-state index contributed by atoms with van der Waals surface area (Å²) in [5.41, 5.74) is 7.90. The van der Waals surface area contributed by atoms with Crippen molar-refractivity contribution in [1.29, 1.82) is 0 Å². The Morgan fingerprint density at radius 3 is 2.00 bits per heavy atom. The fourth-order valence-electron chi connectivity index (χ4n) is 3.53. The van der Waals surface area contributed by atoms with Crippen LogP contribution in [0.2, 0.25) is 5.02 Å². The summed E-state index contributed by atoms with van der Waals surface area (Å²) in [6.45, 7) is 4.60. The Morgan fingerprint density at radius 2 is 1.30 bits per heavy atom. The molecule has 0 saturated carbocycles. The summed E-state index contributed by atoms with van der Waals surface area (Å²) in [6.07, 6.45) is 0. The molecule has 3 aromatic carbocycles. The van der Waals surface area contributed by atoms with Gasteiger partial charge in [-0.1, -0.05) is 71.7 Å². The highest BCUT2D eigenvalue weighted by Gasteiger charge is 2.35. The second kappa shape index (κ2) is 5.22. The maximum absolute atomic E-state index is 6.01. The Kier molecular flexibility index (Phi) is 3.40. The van der Waals surface area contributed by atoms with Crippen LogP contribution in [-0.4, -0.2) is 0 Å². The Bertz CT molecular complexity index is 908. The summed E-state index contributed by atoms with van der Waals surface area (Å²) in [5, 5.41) is 0.771. The maximum atomic E-state index is 6.01. The highest BCUT2D eigenvalue weighted by molar-refractivity contribution is 9.10. The van der Waals surface area contributed by atoms with Crippen molar-refractivity contribution in [3.63, 3.8) is 0 Å². The van der Waals surface area contributed by atoms with Gasteiger partial charge in [-0.15, -0.1) is 0 Å². The van der Waals surface area contributed by atoms with E-state index in [9.17, 15) is 0 Å². The minimum absolute atomic E-state index is 0.0108. The van der Waals surface area contributed by atoms with Crippen molar-refractivity contribution in [3.8, 4) is 22.3 Å². The standard InChI is InChI=1S/C21H16BrCl/c1-21(2)19-11-14(13-3-7-16(23)8-4-13)5-9-17(19)18-10-6-15(22)12-20(18)21/h3-12H,1-2H3. The van der Waals surface area contributed by atoms with Crippen LogP contribution in [0, 0.1) is 0 Å². The molecule has 0 aliphatic heterocycles. The number of rotatable bonds is 1. The van der Waals surface area contributed by atoms with E-state index in [1.165, 1.54) is 33.4 Å². The Morgan fingerprint density at radius 1 is 0.739 bits per heavy atom. The third kappa shape index (κ3) is 2.34. The van der Waals surface area contributed by atoms with Crippen molar-refractivity contribution in [1.82, 2.24) is 0 Å². The van der Waals surface area contributed by atoms with Crippen LogP contribution in [-0.2, 0) is 5.41 Å². The van der Waals surface area contributed by atoms with Gasteiger partial charge in [-0.3, -0.25) is 0 Å². The predicted molar refractivity (Wildman–Crippen MR) is 102 cm³/mol. The van der Waals surface area contributed by atoms with Gasteiger partial charge >= 0.3 is 0 Å². The minimum Gasteiger partial charge on any atom is -0.0843 e. The van der Waals surface area contributed by atoms with Gasteiger partial charge in [-0.05, 0) is 63.7 Å². The summed E-state index contributed by atoms with van der Waals surface area (Å²) in [5.74, 6) is 0. The lowest BCUT2D eigenvalue weighted by molar-refractivity contribution is 0.660. The number of benzene rings is 3. The molecule has 1 aliphatic rings. The minimum atomic E-state index is 0.0108. The van der Waals surface area contributed by atoms with Crippen molar-refractivity contribution in [2.45, 2.75) is 19.3 Å². The zero-order valence-corrected chi connectivity index (χ0v) is 15.4. The number of halogens is 2. The van der Waals surface area contributed by atoms with Gasteiger partial charge in [-0.2, -0.15) is 0 Å². The van der Waals surface area contributed by atoms with Gasteiger partial charge in [-0.25, -0.2) is 0 Å². The second-order valence-electron chi connectivity index (χ2n) is 6.58. The van der Waals surface area contributed by atoms with E-state index in [0.717, 1.165) is 9.50 Å². The monoisotopic (exact) mass is 382 g/mol. The van der Waals surface area contributed by atoms with Crippen LogP contribution in [0.15, 0.2) is 65.1 Å². The van der Waals surface area contributed by atoms with Gasteiger partial charge in [0.2, 0.25) is 0 Å². The average Bonchev–Trinajstić information content (AvgIpc) is 2.76. The van der Waals surface area contributed by atoms with Gasteiger partial charge in [0.15, 0.2) is 0 Å². The van der Waals surface area contributed by atoms with E-state index in [4.69, 9.17) is 11.6 Å². The Balaban J connectivity index is 1.90. The normalized spacial score (nSPS) is 14.4. The van der Waals surface area contributed by atoms with Crippen LogP contribution in [0.1, 0.15) is 25.0 Å². The molecule has 0 nitrogen and oxygen atoms in total. The molecule has 0 N–H and O–H groups in total. The fourth-order valence-corrected chi connectivity index (χ4v) is 4.02. The van der Waals surface area contributed by atoms with E-state index < -0.39 is 0 Å². The first kappa shape index (κ1) is 15.0. The van der Waals surface area contributed by atoms with Crippen molar-refractivity contribution in [2.75, 3.05) is 0 Å². The van der Waals surface area contributed by atoms with Crippen LogP contribution in [0.3, 0.4) is 0 Å². The molecule has 114 valence electrons. The number of hydrogen-bond acceptors (Lipinski definition) is 0. The molecular weight excluding hydrogens is 368 g/mol. The quantitative estimate of drug-likeness (QED) is 0.421. The first-order valence-electron chi connectivity index (χ1n) is 7.68. The van der Waals surface area contributed by atoms with Gasteiger partial charge in [0.1, 0.15) is 0 Å². The zero-order valence-electron chi connectivity index (χ0n) is 13.0. The molecule has 0 spiro atoms. The molecule has 23 heavy (non-hydrogen) atoms. The van der Waals surface area contributed by atoms with Gasteiger partial charge in [0.25, 0.3) is 0 Å². The van der Waals surface area contributed by atoms with Gasteiger partial charge < -0.3 is 0 Å². The lowest BCUT2D eigenvalue weighted by Crippen LogP contribution is -2.15. The van der Waals surface area contributed by atoms with E-state index >= 15 is 0 Å². The van der Waals surface area contributed by atoms with E-state index in [0.29, 0.717) is 0 Å². The third-order valence-electron chi connectivity index (χ3n) is 4.82. The highest BCUT2D eigenvalue weighted by atomic mass is 79.9. The lowest BCUT2D eigenvalue weighted by atomic mass is 9.81. The van der Waals surface area contributed by atoms with Crippen LogP contribution in [0.25, 0.3) is 22.3 Å². The first-order valence-corrected chi connectivity index (χ1v) is 8.85. The third-order valence-corrected chi connectivity index (χ3v) is 5.56. The van der Waals surface area contributed by atoms with E-state index in [1.54, 1.807) is 0 Å². The van der Waals surface area contributed by atoms with E-state index in [1.807, 2.05) is 12.1 Å². The summed E-state index contributed by atoms with van der Waals surface area (Å²) >= 11 is 9.62. The molecule has 1 aliphatic carbocycles. The Hall–Kier alpha value is -1.57. The molecule has 4 rings (SSSR count). The molecule has 0 fully saturated rings. The highest BCUT2D eigenvalue weighted by Crippen LogP contribution is 2.50. The number of hydrogen-bond donors (Lipinski definition) is 0. The maximum Gasteiger partial charge on any atom is 0.0406 e. The first-order chi connectivity index (χ1) is 11.0. The van der Waals surface area contributed by atoms with E-state index in [2.05, 4.69) is 78.3 Å². The van der Waals surface area contributed by atoms with E-state index in [-0.39, 0.29) is 5.41 Å². The van der Waals surface area contributed by atoms with Crippen molar-refractivity contribution in [3.05, 3.63) is 81.3 Å². The predicted octanol–water partition coefficient (Wildman–Crippen LogP) is 7.08. The van der Waals surface area contributed by atoms with Crippen LogP contribution >= 0.6 is 27.5 Å². The topological polar surface area (TPSA) is 0 Å². The summed E-state index contributed by atoms with van der Waals surface area (Å²) in [4.78, 5) is 0. The molecule has 0 atom stereocenters. The molecule has 2 heteroatoms. The summed E-state index contributed by atoms with van der Waals surface area (Å²) < 4.78 is 1.13. The summed E-state index contributed by atoms with van der Waals surface area (Å²) in [7, 11) is 0. The van der Waals surface area contributed by atoms with Crippen molar-refractivity contribution in [2.24, 2.45) is 0 Å². The van der Waals surface area contributed by atoms with Gasteiger partial charge in [0.05, 0.1) is 0 Å². The van der Waals surface area contributed by atoms with Crippen molar-refractivity contribution < 1.29 is 0 Å². The molecule has 0 heterocycles. The summed E-state index contributed by atoms with van der Waals surface area (Å²) in [6, 6.07) is 21.4. The SMILES string of the molecule is CC1(C)c2cc(Br)ccc2-c2ccc(-c3ccc(Cl)cc3)cc21. The Labute approximate surface area is 150 Å². The molecule has 0 radical (unpaired) electrons. The van der Waals surface area contributed by atoms with Gasteiger partial charge in [0, 0.05) is 14.9 Å². The van der Waals surface area contributed by atoms with Crippen molar-refractivity contribution >= 4 is 27.5 Å². The van der Waals surface area contributed by atoms with Crippen LogP contribution in [0.5, 0.6) is 0 Å². The molecule has 0 aromatic heterocycles. The molecule has 0 unspecified atom stereocenters. The number of fused-ring (bicyclic) bond motifs is 3.